The molecule has 0 spiro atoms. The van der Waals surface area contributed by atoms with Crippen LogP contribution in [0.4, 0.5) is 15.9 Å². The minimum absolute atomic E-state index is 0.0145. The Balaban J connectivity index is 1.74. The highest BCUT2D eigenvalue weighted by Crippen LogP contribution is 2.21. The summed E-state index contributed by atoms with van der Waals surface area (Å²) in [5.41, 5.74) is 1.22. The molecule has 2 aromatic carbocycles. The molecule has 1 heterocycles. The first-order chi connectivity index (χ1) is 13.1. The minimum Gasteiger partial charge on any atom is -0.409 e. The van der Waals surface area contributed by atoms with Crippen molar-refractivity contribution in [1.29, 1.82) is 0 Å². The molecule has 0 radical (unpaired) electrons. The molecule has 27 heavy (non-hydrogen) atoms. The van der Waals surface area contributed by atoms with Crippen LogP contribution >= 0.6 is 15.9 Å². The fourth-order valence-corrected chi connectivity index (χ4v) is 2.60. The monoisotopic (exact) mass is 433 g/mol. The molecule has 0 atom stereocenters. The smallest absolute Gasteiger partial charge is 0.230 e. The van der Waals surface area contributed by atoms with Crippen molar-refractivity contribution < 1.29 is 19.0 Å². The number of amides is 1. The number of anilines is 2. The van der Waals surface area contributed by atoms with E-state index in [1.165, 1.54) is 18.2 Å². The van der Waals surface area contributed by atoms with Crippen LogP contribution in [-0.4, -0.2) is 27.3 Å². The van der Waals surface area contributed by atoms with Crippen LogP contribution in [0.15, 0.2) is 62.8 Å². The van der Waals surface area contributed by atoms with E-state index in [-0.39, 0.29) is 34.1 Å². The van der Waals surface area contributed by atoms with Crippen molar-refractivity contribution in [2.75, 3.05) is 10.6 Å². The molecule has 0 aliphatic rings. The van der Waals surface area contributed by atoms with Gasteiger partial charge in [0.15, 0.2) is 5.69 Å². The van der Waals surface area contributed by atoms with E-state index in [0.717, 1.165) is 5.56 Å². The van der Waals surface area contributed by atoms with Gasteiger partial charge in [-0.25, -0.2) is 9.02 Å². The molecule has 3 N–H and O–H groups in total. The molecule has 0 aliphatic heterocycles. The molecule has 138 valence electrons. The largest absolute Gasteiger partial charge is 0.409 e. The Kier molecular flexibility index (Phi) is 5.77. The molecule has 10 heteroatoms. The third kappa shape index (κ3) is 4.67. The lowest BCUT2D eigenvalue weighted by molar-refractivity contribution is -0.115. The Bertz CT molecular complexity index is 978. The number of carbonyl (C=O) groups excluding carboxylic acids is 1. The van der Waals surface area contributed by atoms with E-state index >= 15 is 0 Å². The maximum Gasteiger partial charge on any atom is 0.230 e. The Labute approximate surface area is 161 Å². The number of nitrogens with one attached hydrogen (secondary N) is 2. The lowest BCUT2D eigenvalue weighted by atomic mass is 10.1. The van der Waals surface area contributed by atoms with E-state index in [1.807, 2.05) is 30.3 Å². The van der Waals surface area contributed by atoms with Crippen molar-refractivity contribution in [3.63, 3.8) is 0 Å². The number of amidine groups is 1. The van der Waals surface area contributed by atoms with Gasteiger partial charge in [-0.2, -0.15) is 0 Å². The molecular formula is C17H13BrFN5O3. The van der Waals surface area contributed by atoms with Crippen molar-refractivity contribution in [3.8, 4) is 0 Å². The van der Waals surface area contributed by atoms with Gasteiger partial charge in [-0.15, -0.1) is 0 Å². The molecule has 0 aliphatic carbocycles. The maximum atomic E-state index is 13.3. The van der Waals surface area contributed by atoms with Crippen LogP contribution < -0.4 is 10.6 Å². The first-order valence-electron chi connectivity index (χ1n) is 7.67. The molecule has 0 bridgehead atoms. The van der Waals surface area contributed by atoms with E-state index in [1.54, 1.807) is 0 Å². The number of halogens is 2. The van der Waals surface area contributed by atoms with E-state index in [0.29, 0.717) is 5.69 Å². The molecule has 3 rings (SSSR count). The summed E-state index contributed by atoms with van der Waals surface area (Å²) in [4.78, 5) is 12.2. The summed E-state index contributed by atoms with van der Waals surface area (Å²) in [7, 11) is 0. The van der Waals surface area contributed by atoms with E-state index < -0.39 is 5.82 Å². The molecule has 1 aromatic heterocycles. The molecule has 1 amide bonds. The lowest BCUT2D eigenvalue weighted by Gasteiger charge is -2.08. The highest BCUT2D eigenvalue weighted by Gasteiger charge is 2.20. The predicted molar refractivity (Wildman–Crippen MR) is 99.1 cm³/mol. The van der Waals surface area contributed by atoms with E-state index in [4.69, 9.17) is 0 Å². The number of nitrogens with zero attached hydrogens (tertiary/aromatic N) is 3. The quantitative estimate of drug-likeness (QED) is 0.246. The second-order valence-corrected chi connectivity index (χ2v) is 6.23. The number of hydrogen-bond donors (Lipinski definition) is 3. The van der Waals surface area contributed by atoms with E-state index in [9.17, 15) is 14.4 Å². The summed E-state index contributed by atoms with van der Waals surface area (Å²) in [5.74, 6) is -0.942. The van der Waals surface area contributed by atoms with Gasteiger partial charge >= 0.3 is 0 Å². The van der Waals surface area contributed by atoms with Crippen molar-refractivity contribution in [1.82, 2.24) is 10.3 Å². The van der Waals surface area contributed by atoms with Crippen molar-refractivity contribution in [3.05, 3.63) is 70.1 Å². The summed E-state index contributed by atoms with van der Waals surface area (Å²) in [6.07, 6.45) is 0.122. The first kappa shape index (κ1) is 18.5. The fourth-order valence-electron chi connectivity index (χ4n) is 2.23. The van der Waals surface area contributed by atoms with Crippen LogP contribution in [0.25, 0.3) is 0 Å². The zero-order valence-corrected chi connectivity index (χ0v) is 15.3. The van der Waals surface area contributed by atoms with Crippen LogP contribution in [0, 0.1) is 5.82 Å². The molecule has 3 aromatic rings. The van der Waals surface area contributed by atoms with Gasteiger partial charge in [0.25, 0.3) is 0 Å². The molecule has 8 nitrogen and oxygen atoms in total. The van der Waals surface area contributed by atoms with Gasteiger partial charge in [-0.3, -0.25) is 4.79 Å². The van der Waals surface area contributed by atoms with Crippen LogP contribution in [0.1, 0.15) is 11.3 Å². The Morgan fingerprint density at radius 3 is 2.67 bits per heavy atom. The molecule has 0 fully saturated rings. The van der Waals surface area contributed by atoms with Gasteiger partial charge in [0.2, 0.25) is 17.6 Å². The molecule has 0 saturated carbocycles. The van der Waals surface area contributed by atoms with Crippen LogP contribution in [0.5, 0.6) is 0 Å². The topological polar surface area (TPSA) is 113 Å². The summed E-state index contributed by atoms with van der Waals surface area (Å²) in [6.45, 7) is 0. The summed E-state index contributed by atoms with van der Waals surface area (Å²) in [5, 5.41) is 25.0. The number of benzene rings is 2. The lowest BCUT2D eigenvalue weighted by Crippen LogP contribution is -2.20. The number of hydrogen-bond acceptors (Lipinski definition) is 6. The van der Waals surface area contributed by atoms with E-state index in [2.05, 4.69) is 46.7 Å². The summed E-state index contributed by atoms with van der Waals surface area (Å²) in [6, 6.07) is 13.2. The van der Waals surface area contributed by atoms with Crippen molar-refractivity contribution >= 4 is 39.2 Å². The van der Waals surface area contributed by atoms with Gasteiger partial charge in [-0.05, 0) is 50.0 Å². The van der Waals surface area contributed by atoms with Gasteiger partial charge in [-0.1, -0.05) is 35.5 Å². The fraction of sp³-hybridized carbons (Fsp3) is 0.0588. The minimum atomic E-state index is -0.444. The average molecular weight is 434 g/mol. The highest BCUT2D eigenvalue weighted by molar-refractivity contribution is 9.10. The van der Waals surface area contributed by atoms with Gasteiger partial charge < -0.3 is 15.8 Å². The van der Waals surface area contributed by atoms with Gasteiger partial charge in [0.1, 0.15) is 5.82 Å². The number of aromatic nitrogens is 2. The zero-order chi connectivity index (χ0) is 19.2. The Morgan fingerprint density at radius 1 is 1.19 bits per heavy atom. The van der Waals surface area contributed by atoms with Crippen LogP contribution in [0.3, 0.4) is 0 Å². The number of carbonyl (C=O) groups is 1. The third-order valence-electron chi connectivity index (χ3n) is 3.46. The number of rotatable bonds is 5. The maximum absolute atomic E-state index is 13.3. The van der Waals surface area contributed by atoms with Gasteiger partial charge in [0.05, 0.1) is 10.9 Å². The Hall–Kier alpha value is -3.27. The second kappa shape index (κ2) is 8.41. The molecule has 0 saturated heterocycles. The van der Waals surface area contributed by atoms with Crippen molar-refractivity contribution in [2.24, 2.45) is 5.16 Å². The number of oxime groups is 1. The Morgan fingerprint density at radius 2 is 1.96 bits per heavy atom. The average Bonchev–Trinajstić information content (AvgIpc) is 3.11. The highest BCUT2D eigenvalue weighted by atomic mass is 79.9. The summed E-state index contributed by atoms with van der Waals surface area (Å²) >= 11 is 3.06. The van der Waals surface area contributed by atoms with Crippen LogP contribution in [-0.2, 0) is 11.2 Å². The second-order valence-electron chi connectivity index (χ2n) is 5.37. The zero-order valence-electron chi connectivity index (χ0n) is 13.7. The normalized spacial score (nSPS) is 11.3. The van der Waals surface area contributed by atoms with Gasteiger partial charge in [0, 0.05) is 5.69 Å². The predicted octanol–water partition coefficient (Wildman–Crippen LogP) is 3.40. The third-order valence-corrected chi connectivity index (χ3v) is 4.07. The van der Waals surface area contributed by atoms with Crippen molar-refractivity contribution in [2.45, 2.75) is 6.42 Å². The molecule has 0 unspecified atom stereocenters. The SMILES string of the molecule is O=C(Cc1ccccc1)Nc1nonc1/C(=N\O)Nc1ccc(F)c(Br)c1. The summed E-state index contributed by atoms with van der Waals surface area (Å²) < 4.78 is 18.2. The standard InChI is InChI=1S/C17H13BrFN5O3/c18-12-9-11(6-7-13(12)19)20-16(22-26)15-17(24-27-23-15)21-14(25)8-10-4-2-1-3-5-10/h1-7,9,26H,8H2,(H,20,22)(H,21,24,25). The van der Waals surface area contributed by atoms with Crippen LogP contribution in [0.2, 0.25) is 0 Å². The molecular weight excluding hydrogens is 421 g/mol. The first-order valence-corrected chi connectivity index (χ1v) is 8.47.